The molecule has 0 heterocycles. The van der Waals surface area contributed by atoms with Crippen molar-refractivity contribution in [2.45, 2.75) is 6.42 Å². The summed E-state index contributed by atoms with van der Waals surface area (Å²) in [6.07, 6.45) is 0.779. The second-order valence-corrected chi connectivity index (χ2v) is 3.81. The fourth-order valence-corrected chi connectivity index (χ4v) is 1.46. The molecular formula is C12H16F2N2O. The topological polar surface area (TPSA) is 32.3 Å². The molecular weight excluding hydrogens is 226 g/mol. The molecule has 0 radical (unpaired) electrons. The number of benzene rings is 1. The van der Waals surface area contributed by atoms with Gasteiger partial charge >= 0.3 is 0 Å². The monoisotopic (exact) mass is 242 g/mol. The van der Waals surface area contributed by atoms with Crippen LogP contribution in [0.4, 0.5) is 8.78 Å². The fourth-order valence-electron chi connectivity index (χ4n) is 1.46. The van der Waals surface area contributed by atoms with Crippen molar-refractivity contribution in [1.29, 1.82) is 0 Å². The van der Waals surface area contributed by atoms with Crippen LogP contribution >= 0.6 is 0 Å². The van der Waals surface area contributed by atoms with E-state index in [4.69, 9.17) is 0 Å². The molecule has 94 valence electrons. The average Bonchev–Trinajstić information content (AvgIpc) is 2.28. The van der Waals surface area contributed by atoms with E-state index in [0.717, 1.165) is 19.0 Å². The Kier molecular flexibility index (Phi) is 5.03. The van der Waals surface area contributed by atoms with Crippen LogP contribution in [0.25, 0.3) is 0 Å². The lowest BCUT2D eigenvalue weighted by Crippen LogP contribution is -2.30. The lowest BCUT2D eigenvalue weighted by molar-refractivity contribution is 0.0789. The summed E-state index contributed by atoms with van der Waals surface area (Å²) in [5.74, 6) is -1.94. The number of hydrogen-bond acceptors (Lipinski definition) is 2. The van der Waals surface area contributed by atoms with E-state index in [1.165, 1.54) is 11.0 Å². The van der Waals surface area contributed by atoms with Gasteiger partial charge in [-0.25, -0.2) is 8.78 Å². The minimum absolute atomic E-state index is 0.0987. The molecule has 1 aromatic rings. The fraction of sp³-hybridized carbons (Fsp3) is 0.417. The maximum Gasteiger partial charge on any atom is 0.256 e. The summed E-state index contributed by atoms with van der Waals surface area (Å²) in [6.45, 7) is 1.31. The van der Waals surface area contributed by atoms with E-state index >= 15 is 0 Å². The van der Waals surface area contributed by atoms with E-state index in [2.05, 4.69) is 5.32 Å². The number of carbonyl (C=O) groups excluding carboxylic acids is 1. The number of carbonyl (C=O) groups is 1. The number of nitrogens with zero attached hydrogens (tertiary/aromatic N) is 1. The van der Waals surface area contributed by atoms with Gasteiger partial charge in [-0.15, -0.1) is 0 Å². The molecule has 1 rings (SSSR count). The third-order valence-electron chi connectivity index (χ3n) is 2.43. The summed E-state index contributed by atoms with van der Waals surface area (Å²) in [5.41, 5.74) is -0.0987. The summed E-state index contributed by atoms with van der Waals surface area (Å²) in [5, 5.41) is 2.96. The van der Waals surface area contributed by atoms with Gasteiger partial charge in [0, 0.05) is 19.7 Å². The van der Waals surface area contributed by atoms with Crippen molar-refractivity contribution >= 4 is 5.91 Å². The smallest absolute Gasteiger partial charge is 0.256 e. The highest BCUT2D eigenvalue weighted by atomic mass is 19.1. The van der Waals surface area contributed by atoms with Crippen LogP contribution in [0.5, 0.6) is 0 Å². The third kappa shape index (κ3) is 3.78. The molecule has 0 bridgehead atoms. The van der Waals surface area contributed by atoms with Gasteiger partial charge in [0.25, 0.3) is 5.91 Å². The first-order valence-corrected chi connectivity index (χ1v) is 5.41. The molecule has 0 saturated heterocycles. The van der Waals surface area contributed by atoms with Gasteiger partial charge in [-0.3, -0.25) is 4.79 Å². The maximum atomic E-state index is 13.3. The highest BCUT2D eigenvalue weighted by molar-refractivity contribution is 5.94. The Morgan fingerprint density at radius 1 is 1.41 bits per heavy atom. The number of amides is 1. The van der Waals surface area contributed by atoms with Gasteiger partial charge in [0.15, 0.2) is 0 Å². The van der Waals surface area contributed by atoms with Crippen LogP contribution in [0.15, 0.2) is 18.2 Å². The summed E-state index contributed by atoms with van der Waals surface area (Å²) >= 11 is 0. The molecule has 1 amide bonds. The van der Waals surface area contributed by atoms with Gasteiger partial charge in [-0.2, -0.15) is 0 Å². The van der Waals surface area contributed by atoms with Crippen LogP contribution in [-0.4, -0.2) is 38.0 Å². The van der Waals surface area contributed by atoms with Crippen LogP contribution in [0.1, 0.15) is 16.8 Å². The molecule has 0 aliphatic rings. The van der Waals surface area contributed by atoms with Gasteiger partial charge in [0.05, 0.1) is 5.56 Å². The number of halogens is 2. The Bertz CT molecular complexity index is 396. The SMILES string of the molecule is CNCCCN(C)C(=O)c1ccc(F)cc1F. The van der Waals surface area contributed by atoms with Crippen molar-refractivity contribution in [2.24, 2.45) is 0 Å². The Morgan fingerprint density at radius 3 is 2.71 bits per heavy atom. The number of rotatable bonds is 5. The second-order valence-electron chi connectivity index (χ2n) is 3.81. The molecule has 0 unspecified atom stereocenters. The predicted molar refractivity (Wildman–Crippen MR) is 61.9 cm³/mol. The van der Waals surface area contributed by atoms with Gasteiger partial charge in [-0.05, 0) is 32.1 Å². The van der Waals surface area contributed by atoms with E-state index in [1.807, 2.05) is 7.05 Å². The Labute approximate surface area is 99.4 Å². The van der Waals surface area contributed by atoms with Crippen molar-refractivity contribution in [3.8, 4) is 0 Å². The van der Waals surface area contributed by atoms with E-state index in [1.54, 1.807) is 7.05 Å². The Balaban J connectivity index is 2.68. The van der Waals surface area contributed by atoms with Crippen LogP contribution in [-0.2, 0) is 0 Å². The predicted octanol–water partition coefficient (Wildman–Crippen LogP) is 1.65. The summed E-state index contributed by atoms with van der Waals surface area (Å²) in [4.78, 5) is 13.2. The van der Waals surface area contributed by atoms with Gasteiger partial charge in [0.2, 0.25) is 0 Å². The van der Waals surface area contributed by atoms with Crippen LogP contribution in [0.2, 0.25) is 0 Å². The first-order chi connectivity index (χ1) is 8.06. The van der Waals surface area contributed by atoms with Crippen LogP contribution < -0.4 is 5.32 Å². The number of hydrogen-bond donors (Lipinski definition) is 1. The standard InChI is InChI=1S/C12H16F2N2O/c1-15-6-3-7-16(2)12(17)10-5-4-9(13)8-11(10)14/h4-5,8,15H,3,6-7H2,1-2H3. The van der Waals surface area contributed by atoms with Gasteiger partial charge in [-0.1, -0.05) is 0 Å². The van der Waals surface area contributed by atoms with Crippen molar-refractivity contribution in [1.82, 2.24) is 10.2 Å². The van der Waals surface area contributed by atoms with Crippen LogP contribution in [0.3, 0.4) is 0 Å². The molecule has 3 nitrogen and oxygen atoms in total. The summed E-state index contributed by atoms with van der Waals surface area (Å²) in [6, 6.07) is 2.97. The molecule has 0 aliphatic carbocycles. The molecule has 0 aliphatic heterocycles. The molecule has 0 saturated carbocycles. The minimum atomic E-state index is -0.824. The van der Waals surface area contributed by atoms with E-state index < -0.39 is 17.5 Å². The molecule has 0 atom stereocenters. The third-order valence-corrected chi connectivity index (χ3v) is 2.43. The first kappa shape index (κ1) is 13.6. The Morgan fingerprint density at radius 2 is 2.12 bits per heavy atom. The van der Waals surface area contributed by atoms with Crippen molar-refractivity contribution in [2.75, 3.05) is 27.2 Å². The Hall–Kier alpha value is -1.49. The normalized spacial score (nSPS) is 10.4. The molecule has 0 aromatic heterocycles. The van der Waals surface area contributed by atoms with Crippen molar-refractivity contribution in [3.05, 3.63) is 35.4 Å². The lowest BCUT2D eigenvalue weighted by Gasteiger charge is -2.17. The molecule has 17 heavy (non-hydrogen) atoms. The minimum Gasteiger partial charge on any atom is -0.342 e. The van der Waals surface area contributed by atoms with E-state index in [0.29, 0.717) is 12.6 Å². The van der Waals surface area contributed by atoms with Gasteiger partial charge < -0.3 is 10.2 Å². The van der Waals surface area contributed by atoms with Crippen LogP contribution in [0, 0.1) is 11.6 Å². The highest BCUT2D eigenvalue weighted by Crippen LogP contribution is 2.11. The van der Waals surface area contributed by atoms with Gasteiger partial charge in [0.1, 0.15) is 11.6 Å². The molecule has 0 spiro atoms. The summed E-state index contributed by atoms with van der Waals surface area (Å²) < 4.78 is 26.0. The zero-order valence-corrected chi connectivity index (χ0v) is 9.96. The van der Waals surface area contributed by atoms with Crippen molar-refractivity contribution in [3.63, 3.8) is 0 Å². The summed E-state index contributed by atoms with van der Waals surface area (Å²) in [7, 11) is 3.42. The van der Waals surface area contributed by atoms with Crippen molar-refractivity contribution < 1.29 is 13.6 Å². The largest absolute Gasteiger partial charge is 0.342 e. The molecule has 0 fully saturated rings. The number of nitrogens with one attached hydrogen (secondary N) is 1. The van der Waals surface area contributed by atoms with E-state index in [9.17, 15) is 13.6 Å². The zero-order valence-electron chi connectivity index (χ0n) is 9.96. The molecule has 1 N–H and O–H groups in total. The second kappa shape index (κ2) is 6.30. The van der Waals surface area contributed by atoms with E-state index in [-0.39, 0.29) is 5.56 Å². The average molecular weight is 242 g/mol. The maximum absolute atomic E-state index is 13.3. The molecule has 5 heteroatoms. The molecule has 1 aromatic carbocycles. The zero-order chi connectivity index (χ0) is 12.8. The quantitative estimate of drug-likeness (QED) is 0.796. The highest BCUT2D eigenvalue weighted by Gasteiger charge is 2.16. The lowest BCUT2D eigenvalue weighted by atomic mass is 10.2. The first-order valence-electron chi connectivity index (χ1n) is 5.41.